The first-order valence-electron chi connectivity index (χ1n) is 9.55. The fourth-order valence-corrected chi connectivity index (χ4v) is 3.14. The van der Waals surface area contributed by atoms with Crippen LogP contribution in [0.25, 0.3) is 0 Å². The van der Waals surface area contributed by atoms with E-state index in [9.17, 15) is 0 Å². The highest BCUT2D eigenvalue weighted by Crippen LogP contribution is 2.05. The van der Waals surface area contributed by atoms with Crippen LogP contribution in [0, 0.1) is 0 Å². The average molecular weight is 329 g/mol. The Morgan fingerprint density at radius 3 is 1.35 bits per heavy atom. The molecular weight excluding hydrogens is 284 g/mol. The Kier molecular flexibility index (Phi) is 14.1. The zero-order chi connectivity index (χ0) is 16.2. The highest BCUT2D eigenvalue weighted by atomic mass is 15.3. The zero-order valence-corrected chi connectivity index (χ0v) is 15.7. The molecule has 4 heteroatoms. The monoisotopic (exact) mass is 328 g/mol. The van der Waals surface area contributed by atoms with Crippen LogP contribution in [0.5, 0.6) is 0 Å². The van der Waals surface area contributed by atoms with Crippen molar-refractivity contribution in [3.63, 3.8) is 0 Å². The minimum atomic E-state index is 0. The van der Waals surface area contributed by atoms with Crippen LogP contribution in [0.1, 0.15) is 47.5 Å². The summed E-state index contributed by atoms with van der Waals surface area (Å²) in [7, 11) is 2.23. The molecule has 0 bridgehead atoms. The number of likely N-dealkylation sites (N-methyl/N-ethyl adjacent to an activating group) is 1. The van der Waals surface area contributed by atoms with Gasteiger partial charge in [-0.1, -0.05) is 34.6 Å². The van der Waals surface area contributed by atoms with Gasteiger partial charge in [0.15, 0.2) is 0 Å². The van der Waals surface area contributed by atoms with Gasteiger partial charge in [-0.2, -0.15) is 0 Å². The lowest BCUT2D eigenvalue weighted by atomic mass is 10.2. The molecule has 2 heterocycles. The van der Waals surface area contributed by atoms with Gasteiger partial charge < -0.3 is 19.6 Å². The molecule has 140 valence electrons. The largest absolute Gasteiger partial charge is 0.304 e. The van der Waals surface area contributed by atoms with E-state index in [2.05, 4.69) is 47.4 Å². The highest BCUT2D eigenvalue weighted by molar-refractivity contribution is 4.73. The van der Waals surface area contributed by atoms with E-state index in [-0.39, 0.29) is 7.43 Å². The van der Waals surface area contributed by atoms with Crippen LogP contribution >= 0.6 is 0 Å². The van der Waals surface area contributed by atoms with Crippen LogP contribution in [-0.2, 0) is 0 Å². The van der Waals surface area contributed by atoms with Crippen LogP contribution in [-0.4, -0.2) is 98.6 Å². The van der Waals surface area contributed by atoms with E-state index in [0.717, 1.165) is 0 Å². The smallest absolute Gasteiger partial charge is 0.0110 e. The lowest BCUT2D eigenvalue weighted by molar-refractivity contribution is 0.117. The molecule has 2 rings (SSSR count). The lowest BCUT2D eigenvalue weighted by Crippen LogP contribution is -2.48. The number of piperazine rings is 2. The van der Waals surface area contributed by atoms with Crippen molar-refractivity contribution < 1.29 is 0 Å². The van der Waals surface area contributed by atoms with Crippen molar-refractivity contribution >= 4 is 0 Å². The summed E-state index contributed by atoms with van der Waals surface area (Å²) in [6, 6.07) is 0. The topological polar surface area (TPSA) is 13.0 Å². The van der Waals surface area contributed by atoms with E-state index in [1.54, 1.807) is 0 Å². The Labute approximate surface area is 146 Å². The first kappa shape index (κ1) is 22.8. The van der Waals surface area contributed by atoms with Crippen molar-refractivity contribution in [3.05, 3.63) is 0 Å². The predicted octanol–water partition coefficient (Wildman–Crippen LogP) is 2.70. The quantitative estimate of drug-likeness (QED) is 0.743. The van der Waals surface area contributed by atoms with Crippen molar-refractivity contribution in [2.24, 2.45) is 0 Å². The van der Waals surface area contributed by atoms with E-state index in [1.807, 2.05) is 0 Å². The van der Waals surface area contributed by atoms with Crippen molar-refractivity contribution in [1.29, 1.82) is 0 Å². The zero-order valence-electron chi connectivity index (χ0n) is 15.7. The third-order valence-corrected chi connectivity index (χ3v) is 4.55. The van der Waals surface area contributed by atoms with E-state index in [4.69, 9.17) is 0 Å². The highest BCUT2D eigenvalue weighted by Gasteiger charge is 2.17. The van der Waals surface area contributed by atoms with Gasteiger partial charge in [-0.25, -0.2) is 0 Å². The first-order valence-corrected chi connectivity index (χ1v) is 9.55. The molecular formula is C19H44N4. The summed E-state index contributed by atoms with van der Waals surface area (Å²) in [6.07, 6.45) is 3.89. The Morgan fingerprint density at radius 1 is 0.609 bits per heavy atom. The summed E-state index contributed by atoms with van der Waals surface area (Å²) in [5.74, 6) is 0. The molecule has 0 unspecified atom stereocenters. The molecule has 0 aromatic rings. The fraction of sp³-hybridized carbons (Fsp3) is 1.00. The summed E-state index contributed by atoms with van der Waals surface area (Å²) < 4.78 is 0. The normalized spacial score (nSPS) is 21.4. The maximum absolute atomic E-state index is 2.65. The molecule has 0 radical (unpaired) electrons. The third-order valence-electron chi connectivity index (χ3n) is 4.55. The number of nitrogens with zero attached hydrogens (tertiary/aromatic N) is 4. The van der Waals surface area contributed by atoms with E-state index in [1.165, 1.54) is 91.3 Å². The van der Waals surface area contributed by atoms with Gasteiger partial charge in [0, 0.05) is 52.4 Å². The van der Waals surface area contributed by atoms with Gasteiger partial charge in [-0.3, -0.25) is 0 Å². The van der Waals surface area contributed by atoms with Gasteiger partial charge >= 0.3 is 0 Å². The van der Waals surface area contributed by atoms with E-state index >= 15 is 0 Å². The SMILES string of the molecule is C.CCC.CCCN1CCN(CCCN2CCN(C)CC2)CC1. The van der Waals surface area contributed by atoms with Crippen molar-refractivity contribution in [2.75, 3.05) is 79.0 Å². The summed E-state index contributed by atoms with van der Waals surface area (Å²) in [5, 5.41) is 0. The minimum absolute atomic E-state index is 0. The second-order valence-electron chi connectivity index (χ2n) is 6.89. The van der Waals surface area contributed by atoms with Crippen LogP contribution < -0.4 is 0 Å². The van der Waals surface area contributed by atoms with Gasteiger partial charge in [0.2, 0.25) is 0 Å². The van der Waals surface area contributed by atoms with E-state index in [0.29, 0.717) is 0 Å². The number of hydrogen-bond donors (Lipinski definition) is 0. The molecule has 0 aliphatic carbocycles. The van der Waals surface area contributed by atoms with Gasteiger partial charge in [-0.05, 0) is 39.5 Å². The lowest BCUT2D eigenvalue weighted by Gasteiger charge is -2.36. The summed E-state index contributed by atoms with van der Waals surface area (Å²) in [4.78, 5) is 10.3. The fourth-order valence-electron chi connectivity index (χ4n) is 3.14. The maximum atomic E-state index is 2.65. The molecule has 23 heavy (non-hydrogen) atoms. The summed E-state index contributed by atoms with van der Waals surface area (Å²) in [5.41, 5.74) is 0. The van der Waals surface area contributed by atoms with E-state index < -0.39 is 0 Å². The van der Waals surface area contributed by atoms with Crippen LogP contribution in [0.3, 0.4) is 0 Å². The molecule has 0 saturated carbocycles. The van der Waals surface area contributed by atoms with Crippen molar-refractivity contribution in [2.45, 2.75) is 47.5 Å². The van der Waals surface area contributed by atoms with Crippen LogP contribution in [0.4, 0.5) is 0 Å². The molecule has 2 saturated heterocycles. The van der Waals surface area contributed by atoms with Crippen LogP contribution in [0.2, 0.25) is 0 Å². The molecule has 0 aromatic heterocycles. The van der Waals surface area contributed by atoms with Gasteiger partial charge in [0.1, 0.15) is 0 Å². The van der Waals surface area contributed by atoms with Gasteiger partial charge in [-0.15, -0.1) is 0 Å². The molecule has 2 aliphatic rings. The van der Waals surface area contributed by atoms with Crippen molar-refractivity contribution in [1.82, 2.24) is 19.6 Å². The third kappa shape index (κ3) is 10.3. The molecule has 2 fully saturated rings. The Bertz CT molecular complexity index is 244. The minimum Gasteiger partial charge on any atom is -0.304 e. The van der Waals surface area contributed by atoms with Gasteiger partial charge in [0.25, 0.3) is 0 Å². The first-order chi connectivity index (χ1) is 10.7. The number of rotatable bonds is 6. The predicted molar refractivity (Wildman–Crippen MR) is 104 cm³/mol. The maximum Gasteiger partial charge on any atom is 0.0110 e. The Balaban J connectivity index is 0.00000112. The molecule has 0 atom stereocenters. The standard InChI is InChI=1S/C15H32N4.C3H8.CH4/c1-3-5-17-12-14-19(15-13-17)7-4-6-18-10-8-16(2)9-11-18;1-3-2;/h3-15H2,1-2H3;3H2,1-2H3;1H4. The second-order valence-corrected chi connectivity index (χ2v) is 6.89. The second kappa shape index (κ2) is 14.2. The molecule has 0 amide bonds. The Morgan fingerprint density at radius 2 is 0.957 bits per heavy atom. The molecule has 0 N–H and O–H groups in total. The molecule has 0 aromatic carbocycles. The summed E-state index contributed by atoms with van der Waals surface area (Å²) >= 11 is 0. The molecule has 4 nitrogen and oxygen atoms in total. The van der Waals surface area contributed by atoms with Crippen molar-refractivity contribution in [3.8, 4) is 0 Å². The molecule has 0 spiro atoms. The summed E-state index contributed by atoms with van der Waals surface area (Å²) in [6.45, 7) is 20.6. The molecule has 2 aliphatic heterocycles. The Hall–Kier alpha value is -0.160. The van der Waals surface area contributed by atoms with Crippen LogP contribution in [0.15, 0.2) is 0 Å². The van der Waals surface area contributed by atoms with Gasteiger partial charge in [0.05, 0.1) is 0 Å². The average Bonchev–Trinajstić information content (AvgIpc) is 2.52. The number of hydrogen-bond acceptors (Lipinski definition) is 4.